The fourth-order valence-electron chi connectivity index (χ4n) is 0.143. The second-order valence-corrected chi connectivity index (χ2v) is 2.13. The van der Waals surface area contributed by atoms with E-state index in [2.05, 4.69) is 0 Å². The first-order chi connectivity index (χ1) is 7.68. The highest BCUT2D eigenvalue weighted by Crippen LogP contribution is 1.73. The standard InChI is InChI=1S/C4H4O4.C3H6O3.CH2O2/c5-3(6)1-2-4(7)8;1-2(4)3(5)6;2-1-3/h1-2H,(H,5,6)(H,7,8);2,4H,1H3,(H,5,6);1H,(H,2,3)/b2-1+;;. The Morgan fingerprint density at radius 1 is 1.00 bits per heavy atom. The maximum absolute atomic E-state index is 9.55. The largest absolute Gasteiger partial charge is 0.483 e. The fraction of sp³-hybridized carbons (Fsp3) is 0.250. The van der Waals surface area contributed by atoms with Gasteiger partial charge in [-0.05, 0) is 6.92 Å². The summed E-state index contributed by atoms with van der Waals surface area (Å²) in [7, 11) is 0. The molecule has 0 aromatic carbocycles. The smallest absolute Gasteiger partial charge is 0.332 e. The van der Waals surface area contributed by atoms with Gasteiger partial charge in [0.1, 0.15) is 6.10 Å². The molecule has 0 amide bonds. The Morgan fingerprint density at radius 2 is 1.18 bits per heavy atom. The Kier molecular flexibility index (Phi) is 16.0. The Bertz CT molecular complexity index is 263. The summed E-state index contributed by atoms with van der Waals surface area (Å²) in [6, 6.07) is 0. The van der Waals surface area contributed by atoms with Gasteiger partial charge in [-0.15, -0.1) is 0 Å². The van der Waals surface area contributed by atoms with Gasteiger partial charge in [-0.3, -0.25) is 4.79 Å². The number of carbonyl (C=O) groups is 4. The topological polar surface area (TPSA) is 169 Å². The van der Waals surface area contributed by atoms with Crippen molar-refractivity contribution in [1.29, 1.82) is 0 Å². The first kappa shape index (κ1) is 20.1. The van der Waals surface area contributed by atoms with E-state index in [-0.39, 0.29) is 6.47 Å². The van der Waals surface area contributed by atoms with E-state index in [9.17, 15) is 14.4 Å². The summed E-state index contributed by atoms with van der Waals surface area (Å²) in [5.74, 6) is -3.70. The summed E-state index contributed by atoms with van der Waals surface area (Å²) in [6.45, 7) is 0.947. The summed E-state index contributed by atoms with van der Waals surface area (Å²) in [4.78, 5) is 36.9. The van der Waals surface area contributed by atoms with Gasteiger partial charge in [0.15, 0.2) is 0 Å². The number of aliphatic hydroxyl groups is 1. The van der Waals surface area contributed by atoms with Crippen LogP contribution in [0.4, 0.5) is 0 Å². The van der Waals surface area contributed by atoms with Crippen molar-refractivity contribution in [3.8, 4) is 0 Å². The predicted molar refractivity (Wildman–Crippen MR) is 52.4 cm³/mol. The van der Waals surface area contributed by atoms with Crippen molar-refractivity contribution in [1.82, 2.24) is 0 Å². The lowest BCUT2D eigenvalue weighted by Gasteiger charge is -1.89. The first-order valence-corrected chi connectivity index (χ1v) is 3.81. The Labute approximate surface area is 95.2 Å². The third kappa shape index (κ3) is 42.1. The summed E-state index contributed by atoms with van der Waals surface area (Å²) in [5.41, 5.74) is 0. The molecule has 1 unspecified atom stereocenters. The summed E-state index contributed by atoms with van der Waals surface area (Å²) in [5, 5.41) is 38.3. The average Bonchev–Trinajstić information content (AvgIpc) is 2.16. The lowest BCUT2D eigenvalue weighted by Crippen LogP contribution is -2.13. The van der Waals surface area contributed by atoms with Crippen molar-refractivity contribution in [2.45, 2.75) is 13.0 Å². The molecule has 17 heavy (non-hydrogen) atoms. The molecule has 0 saturated heterocycles. The number of hydrogen-bond donors (Lipinski definition) is 5. The van der Waals surface area contributed by atoms with Gasteiger partial charge in [-0.2, -0.15) is 0 Å². The molecule has 0 heterocycles. The van der Waals surface area contributed by atoms with Crippen LogP contribution in [0, 0.1) is 0 Å². The molecule has 0 saturated carbocycles. The Hall–Kier alpha value is -2.42. The third-order valence-electron chi connectivity index (χ3n) is 0.726. The first-order valence-electron chi connectivity index (χ1n) is 3.81. The molecule has 0 aromatic rings. The van der Waals surface area contributed by atoms with E-state index in [4.69, 9.17) is 30.3 Å². The molecular formula is C8H12O9. The van der Waals surface area contributed by atoms with Gasteiger partial charge in [0.25, 0.3) is 6.47 Å². The lowest BCUT2D eigenvalue weighted by atomic mass is 10.4. The highest BCUT2D eigenvalue weighted by Gasteiger charge is 2.01. The van der Waals surface area contributed by atoms with Crippen LogP contribution in [0.3, 0.4) is 0 Å². The quantitative estimate of drug-likeness (QED) is 0.307. The monoisotopic (exact) mass is 252 g/mol. The molecule has 9 nitrogen and oxygen atoms in total. The number of hydrogen-bond acceptors (Lipinski definition) is 5. The predicted octanol–water partition coefficient (Wildman–Crippen LogP) is -1.14. The maximum Gasteiger partial charge on any atom is 0.332 e. The second-order valence-electron chi connectivity index (χ2n) is 2.13. The van der Waals surface area contributed by atoms with Crippen molar-refractivity contribution in [3.63, 3.8) is 0 Å². The van der Waals surface area contributed by atoms with E-state index in [1.54, 1.807) is 0 Å². The minimum absolute atomic E-state index is 0.250. The van der Waals surface area contributed by atoms with Gasteiger partial charge < -0.3 is 25.5 Å². The Balaban J connectivity index is -0.000000193. The van der Waals surface area contributed by atoms with E-state index in [1.807, 2.05) is 0 Å². The van der Waals surface area contributed by atoms with Crippen LogP contribution in [0.25, 0.3) is 0 Å². The highest BCUT2D eigenvalue weighted by atomic mass is 16.4. The molecule has 5 N–H and O–H groups in total. The number of aliphatic carboxylic acids is 3. The van der Waals surface area contributed by atoms with E-state index in [1.165, 1.54) is 6.92 Å². The number of aliphatic hydroxyl groups excluding tert-OH is 1. The minimum atomic E-state index is -1.26. The van der Waals surface area contributed by atoms with Crippen LogP contribution in [0.5, 0.6) is 0 Å². The van der Waals surface area contributed by atoms with Crippen molar-refractivity contribution < 1.29 is 44.7 Å². The molecule has 1 atom stereocenters. The highest BCUT2D eigenvalue weighted by molar-refractivity contribution is 5.89. The van der Waals surface area contributed by atoms with Crippen LogP contribution in [-0.4, -0.2) is 56.0 Å². The normalized spacial score (nSPS) is 10.0. The van der Waals surface area contributed by atoms with Crippen LogP contribution >= 0.6 is 0 Å². The van der Waals surface area contributed by atoms with Crippen LogP contribution in [0.15, 0.2) is 12.2 Å². The number of rotatable bonds is 3. The molecule has 0 rings (SSSR count). The lowest BCUT2D eigenvalue weighted by molar-refractivity contribution is -0.145. The second kappa shape index (κ2) is 13.6. The molecule has 0 fully saturated rings. The van der Waals surface area contributed by atoms with E-state index < -0.39 is 24.0 Å². The molecule has 98 valence electrons. The van der Waals surface area contributed by atoms with E-state index >= 15 is 0 Å². The SMILES string of the molecule is CC(O)C(=O)O.O=C(O)/C=C/C(=O)O.O=CO. The molecule has 0 aliphatic rings. The number of carboxylic acids is 3. The zero-order valence-corrected chi connectivity index (χ0v) is 8.68. The molecule has 0 aliphatic heterocycles. The maximum atomic E-state index is 9.55. The molecule has 9 heteroatoms. The average molecular weight is 252 g/mol. The van der Waals surface area contributed by atoms with Gasteiger partial charge >= 0.3 is 17.9 Å². The van der Waals surface area contributed by atoms with Crippen LogP contribution in [-0.2, 0) is 19.2 Å². The zero-order valence-electron chi connectivity index (χ0n) is 8.68. The molecular weight excluding hydrogens is 240 g/mol. The van der Waals surface area contributed by atoms with Crippen LogP contribution in [0.1, 0.15) is 6.92 Å². The number of carboxylic acid groups (broad SMARTS) is 4. The van der Waals surface area contributed by atoms with Crippen molar-refractivity contribution in [2.75, 3.05) is 0 Å². The minimum Gasteiger partial charge on any atom is -0.483 e. The van der Waals surface area contributed by atoms with Crippen LogP contribution in [0.2, 0.25) is 0 Å². The van der Waals surface area contributed by atoms with Gasteiger partial charge in [-0.1, -0.05) is 0 Å². The summed E-state index contributed by atoms with van der Waals surface area (Å²) in [6.07, 6.45) is -0.116. The van der Waals surface area contributed by atoms with Gasteiger partial charge in [-0.25, -0.2) is 14.4 Å². The zero-order chi connectivity index (χ0) is 14.4. The third-order valence-corrected chi connectivity index (χ3v) is 0.726. The van der Waals surface area contributed by atoms with Gasteiger partial charge in [0.05, 0.1) is 0 Å². The Morgan fingerprint density at radius 3 is 1.24 bits per heavy atom. The summed E-state index contributed by atoms with van der Waals surface area (Å²) < 4.78 is 0. The van der Waals surface area contributed by atoms with Gasteiger partial charge in [0, 0.05) is 12.2 Å². The summed E-state index contributed by atoms with van der Waals surface area (Å²) >= 11 is 0. The molecule has 0 aromatic heterocycles. The van der Waals surface area contributed by atoms with Gasteiger partial charge in [0.2, 0.25) is 0 Å². The van der Waals surface area contributed by atoms with Crippen molar-refractivity contribution in [3.05, 3.63) is 12.2 Å². The van der Waals surface area contributed by atoms with Crippen molar-refractivity contribution >= 4 is 24.4 Å². The van der Waals surface area contributed by atoms with Crippen molar-refractivity contribution in [2.24, 2.45) is 0 Å². The molecule has 0 bridgehead atoms. The van der Waals surface area contributed by atoms with E-state index in [0.717, 1.165) is 0 Å². The van der Waals surface area contributed by atoms with E-state index in [0.29, 0.717) is 12.2 Å². The van der Waals surface area contributed by atoms with Crippen LogP contribution < -0.4 is 0 Å². The molecule has 0 radical (unpaired) electrons. The fourth-order valence-corrected chi connectivity index (χ4v) is 0.143. The molecule has 0 spiro atoms. The molecule has 0 aliphatic carbocycles.